The van der Waals surface area contributed by atoms with Crippen molar-refractivity contribution in [2.75, 3.05) is 17.7 Å². The number of nitrogens with one attached hydrogen (secondary N) is 1. The molecule has 0 unspecified atom stereocenters. The molecule has 0 aliphatic rings. The predicted octanol–water partition coefficient (Wildman–Crippen LogP) is 2.44. The van der Waals surface area contributed by atoms with E-state index >= 15 is 0 Å². The molecule has 5 nitrogen and oxygen atoms in total. The summed E-state index contributed by atoms with van der Waals surface area (Å²) in [5, 5.41) is 2.71. The van der Waals surface area contributed by atoms with Gasteiger partial charge in [0, 0.05) is 24.1 Å². The van der Waals surface area contributed by atoms with Crippen LogP contribution >= 0.6 is 15.9 Å². The van der Waals surface area contributed by atoms with Gasteiger partial charge < -0.3 is 15.8 Å². The fraction of sp³-hybridized carbons (Fsp3) is 0.0769. The number of amides is 1. The fourth-order valence-electron chi connectivity index (χ4n) is 1.42. The average molecular weight is 322 g/mol. The zero-order chi connectivity index (χ0) is 13.7. The number of halogens is 1. The zero-order valence-corrected chi connectivity index (χ0v) is 11.6. The smallest absolute Gasteiger partial charge is 0.262 e. The van der Waals surface area contributed by atoms with Crippen LogP contribution in [-0.2, 0) is 4.79 Å². The second-order valence-corrected chi connectivity index (χ2v) is 4.62. The Morgan fingerprint density at radius 3 is 3.00 bits per heavy atom. The van der Waals surface area contributed by atoms with Crippen molar-refractivity contribution in [1.29, 1.82) is 0 Å². The van der Waals surface area contributed by atoms with Gasteiger partial charge in [-0.25, -0.2) is 0 Å². The first-order valence-electron chi connectivity index (χ1n) is 5.53. The van der Waals surface area contributed by atoms with Crippen LogP contribution in [-0.4, -0.2) is 17.5 Å². The molecule has 0 spiro atoms. The Hall–Kier alpha value is -2.08. The van der Waals surface area contributed by atoms with E-state index in [4.69, 9.17) is 10.5 Å². The largest absolute Gasteiger partial charge is 0.484 e. The summed E-state index contributed by atoms with van der Waals surface area (Å²) in [4.78, 5) is 15.6. The van der Waals surface area contributed by atoms with Gasteiger partial charge in [-0.05, 0) is 34.1 Å². The fourth-order valence-corrected chi connectivity index (χ4v) is 1.77. The van der Waals surface area contributed by atoms with Gasteiger partial charge in [-0.15, -0.1) is 0 Å². The van der Waals surface area contributed by atoms with Crippen molar-refractivity contribution >= 4 is 33.2 Å². The van der Waals surface area contributed by atoms with Gasteiger partial charge >= 0.3 is 0 Å². The van der Waals surface area contributed by atoms with E-state index in [2.05, 4.69) is 26.2 Å². The third-order valence-corrected chi connectivity index (χ3v) is 2.91. The lowest BCUT2D eigenvalue weighted by molar-refractivity contribution is -0.118. The minimum atomic E-state index is -0.255. The number of carbonyl (C=O) groups excluding carboxylic acids is 1. The van der Waals surface area contributed by atoms with E-state index in [9.17, 15) is 4.79 Å². The number of benzene rings is 1. The highest BCUT2D eigenvalue weighted by Gasteiger charge is 2.06. The van der Waals surface area contributed by atoms with Crippen molar-refractivity contribution in [3.05, 3.63) is 47.2 Å². The molecule has 0 aliphatic carbocycles. The molecule has 1 heterocycles. The number of nitrogen functional groups attached to an aromatic ring is 1. The highest BCUT2D eigenvalue weighted by molar-refractivity contribution is 9.10. The number of pyridine rings is 1. The lowest BCUT2D eigenvalue weighted by atomic mass is 10.3. The van der Waals surface area contributed by atoms with Crippen LogP contribution in [0.1, 0.15) is 0 Å². The Bertz CT molecular complexity index is 590. The molecule has 3 N–H and O–H groups in total. The predicted molar refractivity (Wildman–Crippen MR) is 76.9 cm³/mol. The first kappa shape index (κ1) is 13.4. The van der Waals surface area contributed by atoms with E-state index in [0.29, 0.717) is 21.6 Å². The molecule has 1 aromatic heterocycles. The Labute approximate surface area is 118 Å². The molecule has 2 aromatic rings. The van der Waals surface area contributed by atoms with E-state index in [1.165, 1.54) is 0 Å². The Morgan fingerprint density at radius 2 is 2.26 bits per heavy atom. The molecular formula is C13H12BrN3O2. The second kappa shape index (κ2) is 6.19. The van der Waals surface area contributed by atoms with Crippen molar-refractivity contribution in [2.45, 2.75) is 0 Å². The normalized spacial score (nSPS) is 9.95. The topological polar surface area (TPSA) is 77.2 Å². The summed E-state index contributed by atoms with van der Waals surface area (Å²) in [6.07, 6.45) is 3.20. The van der Waals surface area contributed by atoms with Gasteiger partial charge in [-0.3, -0.25) is 9.78 Å². The Balaban J connectivity index is 1.90. The maximum absolute atomic E-state index is 11.7. The number of hydrogen-bond acceptors (Lipinski definition) is 4. The van der Waals surface area contributed by atoms with Crippen molar-refractivity contribution in [3.63, 3.8) is 0 Å². The number of ether oxygens (including phenoxy) is 1. The van der Waals surface area contributed by atoms with Crippen LogP contribution < -0.4 is 15.8 Å². The van der Waals surface area contributed by atoms with Gasteiger partial charge in [-0.1, -0.05) is 6.07 Å². The Kier molecular flexibility index (Phi) is 4.35. The first-order chi connectivity index (χ1) is 9.15. The van der Waals surface area contributed by atoms with Crippen molar-refractivity contribution in [1.82, 2.24) is 4.98 Å². The monoisotopic (exact) mass is 321 g/mol. The van der Waals surface area contributed by atoms with Crippen LogP contribution in [0.25, 0.3) is 0 Å². The standard InChI is InChI=1S/C13H12BrN3O2/c14-11-7-16-5-4-12(11)17-13(18)8-19-10-3-1-2-9(15)6-10/h1-7H,8,15H2,(H,16,17,18). The number of nitrogens with zero attached hydrogens (tertiary/aromatic N) is 1. The minimum Gasteiger partial charge on any atom is -0.484 e. The first-order valence-corrected chi connectivity index (χ1v) is 6.32. The van der Waals surface area contributed by atoms with Crippen molar-refractivity contribution in [3.8, 4) is 5.75 Å². The molecule has 0 bridgehead atoms. The van der Waals surface area contributed by atoms with Crippen LogP contribution in [0.15, 0.2) is 47.2 Å². The molecule has 2 rings (SSSR count). The van der Waals surface area contributed by atoms with Crippen LogP contribution in [0.2, 0.25) is 0 Å². The molecule has 0 saturated heterocycles. The number of rotatable bonds is 4. The maximum atomic E-state index is 11.7. The number of anilines is 2. The summed E-state index contributed by atoms with van der Waals surface area (Å²) in [5.74, 6) is 0.304. The number of aromatic nitrogens is 1. The zero-order valence-electron chi connectivity index (χ0n) is 9.97. The summed E-state index contributed by atoms with van der Waals surface area (Å²) in [6, 6.07) is 8.62. The third kappa shape index (κ3) is 3.96. The number of nitrogens with two attached hydrogens (primary N) is 1. The van der Waals surface area contributed by atoms with E-state index in [1.54, 1.807) is 42.7 Å². The quantitative estimate of drug-likeness (QED) is 0.848. The van der Waals surface area contributed by atoms with Gasteiger partial charge in [0.15, 0.2) is 6.61 Å². The van der Waals surface area contributed by atoms with Gasteiger partial charge in [0.05, 0.1) is 10.2 Å². The molecule has 6 heteroatoms. The summed E-state index contributed by atoms with van der Waals surface area (Å²) >= 11 is 3.30. The lowest BCUT2D eigenvalue weighted by Gasteiger charge is -2.08. The molecule has 1 amide bonds. The molecule has 0 aliphatic heterocycles. The second-order valence-electron chi connectivity index (χ2n) is 3.76. The molecule has 1 aromatic carbocycles. The minimum absolute atomic E-state index is 0.0851. The highest BCUT2D eigenvalue weighted by atomic mass is 79.9. The van der Waals surface area contributed by atoms with Crippen molar-refractivity contribution < 1.29 is 9.53 Å². The van der Waals surface area contributed by atoms with Crippen LogP contribution in [0, 0.1) is 0 Å². The summed E-state index contributed by atoms with van der Waals surface area (Å²) in [6.45, 7) is -0.0851. The van der Waals surface area contributed by atoms with E-state index in [0.717, 1.165) is 0 Å². The SMILES string of the molecule is Nc1cccc(OCC(=O)Nc2ccncc2Br)c1. The van der Waals surface area contributed by atoms with E-state index in [-0.39, 0.29) is 12.5 Å². The molecule has 0 saturated carbocycles. The molecule has 19 heavy (non-hydrogen) atoms. The van der Waals surface area contributed by atoms with E-state index < -0.39 is 0 Å². The highest BCUT2D eigenvalue weighted by Crippen LogP contribution is 2.20. The van der Waals surface area contributed by atoms with Crippen LogP contribution in [0.4, 0.5) is 11.4 Å². The van der Waals surface area contributed by atoms with E-state index in [1.807, 2.05) is 0 Å². The Morgan fingerprint density at radius 1 is 1.42 bits per heavy atom. The van der Waals surface area contributed by atoms with Gasteiger partial charge in [0.1, 0.15) is 5.75 Å². The van der Waals surface area contributed by atoms with Crippen LogP contribution in [0.5, 0.6) is 5.75 Å². The summed E-state index contributed by atoms with van der Waals surface area (Å²) in [5.41, 5.74) is 6.86. The third-order valence-electron chi connectivity index (χ3n) is 2.27. The maximum Gasteiger partial charge on any atom is 0.262 e. The molecule has 0 radical (unpaired) electrons. The number of carbonyl (C=O) groups is 1. The van der Waals surface area contributed by atoms with Gasteiger partial charge in [-0.2, -0.15) is 0 Å². The number of hydrogen-bond donors (Lipinski definition) is 2. The summed E-state index contributed by atoms with van der Waals surface area (Å²) < 4.78 is 6.05. The van der Waals surface area contributed by atoms with Crippen LogP contribution in [0.3, 0.4) is 0 Å². The van der Waals surface area contributed by atoms with Gasteiger partial charge in [0.2, 0.25) is 0 Å². The average Bonchev–Trinajstić information content (AvgIpc) is 2.39. The molecular weight excluding hydrogens is 310 g/mol. The van der Waals surface area contributed by atoms with Gasteiger partial charge in [0.25, 0.3) is 5.91 Å². The molecule has 98 valence electrons. The molecule has 0 atom stereocenters. The summed E-state index contributed by atoms with van der Waals surface area (Å²) in [7, 11) is 0. The lowest BCUT2D eigenvalue weighted by Crippen LogP contribution is -2.20. The van der Waals surface area contributed by atoms with Crippen molar-refractivity contribution in [2.24, 2.45) is 0 Å². The molecule has 0 fully saturated rings.